The van der Waals surface area contributed by atoms with Crippen molar-refractivity contribution < 1.29 is 24.5 Å². The van der Waals surface area contributed by atoms with Gasteiger partial charge in [-0.2, -0.15) is 11.8 Å². The summed E-state index contributed by atoms with van der Waals surface area (Å²) in [6, 6.07) is 0.440. The van der Waals surface area contributed by atoms with Gasteiger partial charge in [-0.3, -0.25) is 10.3 Å². The van der Waals surface area contributed by atoms with Crippen molar-refractivity contribution in [1.29, 1.82) is 0 Å². The van der Waals surface area contributed by atoms with Gasteiger partial charge in [-0.1, -0.05) is 6.42 Å². The molecule has 0 radical (unpaired) electrons. The van der Waals surface area contributed by atoms with Gasteiger partial charge in [-0.25, -0.2) is 4.79 Å². The van der Waals surface area contributed by atoms with E-state index in [1.165, 1.54) is 0 Å². The molecule has 0 bridgehead atoms. The van der Waals surface area contributed by atoms with Crippen molar-refractivity contribution in [2.75, 3.05) is 5.75 Å². The van der Waals surface area contributed by atoms with Crippen LogP contribution in [-0.2, 0) is 4.79 Å². The highest BCUT2D eigenvalue weighted by Crippen LogP contribution is 2.33. The van der Waals surface area contributed by atoms with E-state index < -0.39 is 14.5 Å². The minimum absolute atomic E-state index is 0.0640. The summed E-state index contributed by atoms with van der Waals surface area (Å²) in [6.07, 6.45) is 2.88. The van der Waals surface area contributed by atoms with Gasteiger partial charge in [0.05, 0.1) is 12.1 Å². The largest absolute Gasteiger partial charge is 0.481 e. The highest BCUT2D eigenvalue weighted by Gasteiger charge is 2.42. The summed E-state index contributed by atoms with van der Waals surface area (Å²) in [5.41, 5.74) is 4.29. The second kappa shape index (κ2) is 8.63. The molecular formula is C10H20N3O5PS. The average Bonchev–Trinajstić information content (AvgIpc) is 2.83. The number of hydrogen-bond donors (Lipinski definition) is 6. The number of fused-ring (bicyclic) bond motifs is 1. The summed E-state index contributed by atoms with van der Waals surface area (Å²) in [5, 5.41) is 14.8. The average molecular weight is 325 g/mol. The van der Waals surface area contributed by atoms with E-state index in [-0.39, 0.29) is 24.5 Å². The molecule has 0 aromatic carbocycles. The molecule has 2 rings (SSSR count). The topological polar surface area (TPSA) is 145 Å². The molecule has 2 fully saturated rings. The van der Waals surface area contributed by atoms with E-state index in [9.17, 15) is 9.59 Å². The maximum Gasteiger partial charge on any atom is 0.315 e. The monoisotopic (exact) mass is 325 g/mol. The van der Waals surface area contributed by atoms with Crippen LogP contribution < -0.4 is 16.1 Å². The maximum atomic E-state index is 11.1. The molecular weight excluding hydrogens is 305 g/mol. The second-order valence-corrected chi connectivity index (χ2v) is 6.49. The zero-order chi connectivity index (χ0) is 15.1. The smallest absolute Gasteiger partial charge is 0.315 e. The van der Waals surface area contributed by atoms with Crippen molar-refractivity contribution in [3.8, 4) is 0 Å². The van der Waals surface area contributed by atoms with Crippen LogP contribution >= 0.6 is 20.3 Å². The first-order valence-electron chi connectivity index (χ1n) is 6.23. The lowest BCUT2D eigenvalue weighted by Gasteiger charge is -2.16. The molecule has 10 heteroatoms. The third kappa shape index (κ3) is 6.23. The molecule has 2 aliphatic heterocycles. The summed E-state index contributed by atoms with van der Waals surface area (Å²) < 4.78 is 0. The first-order valence-corrected chi connectivity index (χ1v) is 8.59. The molecule has 0 aromatic rings. The summed E-state index contributed by atoms with van der Waals surface area (Å²) in [6.45, 7) is 0. The summed E-state index contributed by atoms with van der Waals surface area (Å²) in [5.74, 6) is 0.236. The van der Waals surface area contributed by atoms with Gasteiger partial charge in [-0.05, 0) is 12.8 Å². The molecule has 0 aromatic heterocycles. The predicted octanol–water partition coefficient (Wildman–Crippen LogP) is -0.0466. The van der Waals surface area contributed by atoms with E-state index in [1.807, 2.05) is 11.8 Å². The van der Waals surface area contributed by atoms with Gasteiger partial charge in [0.1, 0.15) is 0 Å². The van der Waals surface area contributed by atoms with Crippen molar-refractivity contribution in [3.63, 3.8) is 0 Å². The van der Waals surface area contributed by atoms with Crippen LogP contribution in [-0.4, -0.2) is 50.0 Å². The van der Waals surface area contributed by atoms with Crippen molar-refractivity contribution in [2.24, 2.45) is 5.50 Å². The fourth-order valence-corrected chi connectivity index (χ4v) is 3.81. The Bertz CT molecular complexity index is 344. The van der Waals surface area contributed by atoms with Crippen molar-refractivity contribution in [3.05, 3.63) is 0 Å². The van der Waals surface area contributed by atoms with Gasteiger partial charge in [0.25, 0.3) is 0 Å². The molecule has 20 heavy (non-hydrogen) atoms. The molecule has 8 nitrogen and oxygen atoms in total. The van der Waals surface area contributed by atoms with Gasteiger partial charge in [0, 0.05) is 17.4 Å². The minimum atomic E-state index is -2.12. The lowest BCUT2D eigenvalue weighted by molar-refractivity contribution is -0.137. The predicted molar refractivity (Wildman–Crippen MR) is 77.1 cm³/mol. The lowest BCUT2D eigenvalue weighted by atomic mass is 10.0. The fourth-order valence-electron chi connectivity index (χ4n) is 2.26. The van der Waals surface area contributed by atoms with Gasteiger partial charge in [-0.15, -0.1) is 0 Å². The number of carbonyl (C=O) groups is 2. The Morgan fingerprint density at radius 1 is 1.40 bits per heavy atom. The number of carbonyl (C=O) groups excluding carboxylic acids is 1. The third-order valence-electron chi connectivity index (χ3n) is 3.07. The molecule has 2 saturated heterocycles. The van der Waals surface area contributed by atoms with E-state index >= 15 is 0 Å². The Kier molecular flexibility index (Phi) is 7.53. The molecule has 0 unspecified atom stereocenters. The Morgan fingerprint density at radius 2 is 2.05 bits per heavy atom. The van der Waals surface area contributed by atoms with E-state index in [0.29, 0.717) is 5.25 Å². The van der Waals surface area contributed by atoms with Crippen molar-refractivity contribution in [1.82, 2.24) is 10.6 Å². The summed E-state index contributed by atoms with van der Waals surface area (Å²) in [7, 11) is -2.12. The quantitative estimate of drug-likeness (QED) is 0.236. The summed E-state index contributed by atoms with van der Waals surface area (Å²) >= 11 is 1.87. The third-order valence-corrected chi connectivity index (χ3v) is 4.58. The standard InChI is InChI=1S/C10H16N2O3S.H4NO2P/c13-8(14)4-2-1-3-7-9-6(5-16-7)11-10(15)12-9;1-4(2)3/h6-7,9H,1-5H2,(H,13,14)(H2,11,12,15);2-3H,1H2/t6-,7-,9-;/m0./s1. The molecule has 2 heterocycles. The molecule has 2 aliphatic rings. The highest BCUT2D eigenvalue weighted by atomic mass is 32.2. The number of nitrogens with two attached hydrogens (primary N) is 1. The van der Waals surface area contributed by atoms with Gasteiger partial charge in [0.2, 0.25) is 8.53 Å². The number of unbranched alkanes of at least 4 members (excludes halogenated alkanes) is 1. The zero-order valence-corrected chi connectivity index (χ0v) is 12.6. The number of rotatable bonds is 5. The first kappa shape index (κ1) is 17.5. The number of carboxylic acid groups (broad SMARTS) is 1. The minimum Gasteiger partial charge on any atom is -0.481 e. The van der Waals surface area contributed by atoms with E-state index in [0.717, 1.165) is 25.0 Å². The van der Waals surface area contributed by atoms with Crippen LogP contribution in [0.15, 0.2) is 0 Å². The van der Waals surface area contributed by atoms with Gasteiger partial charge >= 0.3 is 12.0 Å². The lowest BCUT2D eigenvalue weighted by Crippen LogP contribution is -2.36. The first-order chi connectivity index (χ1) is 9.40. The Labute approximate surface area is 122 Å². The molecule has 3 atom stereocenters. The normalized spacial score (nSPS) is 27.4. The van der Waals surface area contributed by atoms with Crippen LogP contribution in [0.1, 0.15) is 25.7 Å². The van der Waals surface area contributed by atoms with E-state index in [1.54, 1.807) is 0 Å². The van der Waals surface area contributed by atoms with Crippen LogP contribution in [0.5, 0.6) is 0 Å². The SMILES string of the molecule is NP(O)O.O=C(O)CCCC[C@@H]1SC[C@@H]2NC(=O)N[C@@H]21. The van der Waals surface area contributed by atoms with Gasteiger partial charge < -0.3 is 25.5 Å². The molecule has 0 aliphatic carbocycles. The Morgan fingerprint density at radius 3 is 2.65 bits per heavy atom. The van der Waals surface area contributed by atoms with Crippen LogP contribution in [0.2, 0.25) is 0 Å². The maximum absolute atomic E-state index is 11.1. The second-order valence-electron chi connectivity index (χ2n) is 4.58. The number of amides is 2. The number of thioether (sulfide) groups is 1. The van der Waals surface area contributed by atoms with Crippen LogP contribution in [0, 0.1) is 0 Å². The highest BCUT2D eigenvalue weighted by molar-refractivity contribution is 8.00. The Balaban J connectivity index is 0.000000444. The molecule has 2 amide bonds. The fraction of sp³-hybridized carbons (Fsp3) is 0.800. The van der Waals surface area contributed by atoms with Crippen LogP contribution in [0.3, 0.4) is 0 Å². The van der Waals surface area contributed by atoms with Crippen molar-refractivity contribution in [2.45, 2.75) is 43.0 Å². The van der Waals surface area contributed by atoms with Crippen molar-refractivity contribution >= 4 is 32.3 Å². The summed E-state index contributed by atoms with van der Waals surface area (Å²) in [4.78, 5) is 36.4. The number of urea groups is 1. The molecule has 116 valence electrons. The number of nitrogens with one attached hydrogen (secondary N) is 2. The van der Waals surface area contributed by atoms with Crippen LogP contribution in [0.4, 0.5) is 4.79 Å². The number of hydrogen-bond acceptors (Lipinski definition) is 6. The molecule has 0 saturated carbocycles. The van der Waals surface area contributed by atoms with Crippen LogP contribution in [0.25, 0.3) is 0 Å². The zero-order valence-electron chi connectivity index (χ0n) is 10.9. The van der Waals surface area contributed by atoms with E-state index in [4.69, 9.17) is 14.9 Å². The van der Waals surface area contributed by atoms with Gasteiger partial charge in [0.15, 0.2) is 0 Å². The molecule has 0 spiro atoms. The van der Waals surface area contributed by atoms with E-state index in [2.05, 4.69) is 16.1 Å². The molecule has 7 N–H and O–H groups in total. The number of carboxylic acids is 1. The Hall–Kier alpha value is -0.600. The number of aliphatic carboxylic acids is 1.